The zero-order valence-corrected chi connectivity index (χ0v) is 9.46. The van der Waals surface area contributed by atoms with Crippen molar-refractivity contribution in [3.63, 3.8) is 0 Å². The fourth-order valence-electron chi connectivity index (χ4n) is 1.48. The van der Waals surface area contributed by atoms with Crippen LogP contribution in [0.2, 0.25) is 0 Å². The maximum absolute atomic E-state index is 11.5. The normalized spacial score (nSPS) is 16.3. The first-order chi connectivity index (χ1) is 6.91. The van der Waals surface area contributed by atoms with E-state index in [9.17, 15) is 9.59 Å². The van der Waals surface area contributed by atoms with Crippen LogP contribution in [0.5, 0.6) is 0 Å². The molecule has 0 aliphatic carbocycles. The molecule has 88 valence electrons. The Balaban J connectivity index is 4.57. The molecule has 0 fully saturated rings. The van der Waals surface area contributed by atoms with Gasteiger partial charge < -0.3 is 0 Å². The zero-order chi connectivity index (χ0) is 12.1. The quantitative estimate of drug-likeness (QED) is 0.279. The summed E-state index contributed by atoms with van der Waals surface area (Å²) in [6.45, 7) is 5.37. The van der Waals surface area contributed by atoms with Crippen LogP contribution in [0.1, 0.15) is 33.6 Å². The summed E-state index contributed by atoms with van der Waals surface area (Å²) in [4.78, 5) is 22.7. The molecule has 0 aliphatic rings. The fraction of sp³-hybridized carbons (Fsp3) is 0.778. The number of hydrazine groups is 2. The molecule has 0 aromatic carbocycles. The van der Waals surface area contributed by atoms with Gasteiger partial charge in [-0.15, -0.1) is 0 Å². The van der Waals surface area contributed by atoms with E-state index in [1.54, 1.807) is 13.8 Å². The molecule has 6 nitrogen and oxygen atoms in total. The van der Waals surface area contributed by atoms with Gasteiger partial charge >= 0.3 is 0 Å². The minimum atomic E-state index is -0.638. The summed E-state index contributed by atoms with van der Waals surface area (Å²) in [5, 5.41) is 0. The molecule has 6 N–H and O–H groups in total. The Kier molecular flexibility index (Phi) is 5.24. The summed E-state index contributed by atoms with van der Waals surface area (Å²) < 4.78 is 0. The number of amides is 2. The maximum Gasteiger partial charge on any atom is 0.239 e. The number of hydrogen-bond donors (Lipinski definition) is 4. The van der Waals surface area contributed by atoms with Crippen molar-refractivity contribution < 1.29 is 9.59 Å². The van der Waals surface area contributed by atoms with Gasteiger partial charge in [-0.2, -0.15) is 0 Å². The molecular formula is C9H20N4O2. The molecule has 0 rings (SSSR count). The van der Waals surface area contributed by atoms with Crippen LogP contribution in [0.4, 0.5) is 0 Å². The van der Waals surface area contributed by atoms with E-state index in [-0.39, 0.29) is 17.7 Å². The summed E-state index contributed by atoms with van der Waals surface area (Å²) in [5.74, 6) is 9.25. The molecule has 0 heterocycles. The van der Waals surface area contributed by atoms with Crippen LogP contribution in [-0.4, -0.2) is 11.8 Å². The van der Waals surface area contributed by atoms with Crippen molar-refractivity contribution in [1.29, 1.82) is 0 Å². The van der Waals surface area contributed by atoms with Crippen LogP contribution in [0.25, 0.3) is 0 Å². The number of carbonyl (C=O) groups is 2. The third-order valence-electron chi connectivity index (χ3n) is 2.81. The summed E-state index contributed by atoms with van der Waals surface area (Å²) in [6, 6.07) is 0. The molecule has 2 unspecified atom stereocenters. The lowest BCUT2D eigenvalue weighted by atomic mass is 9.78. The molecule has 0 radical (unpaired) electrons. The molecule has 0 saturated carbocycles. The molecule has 2 atom stereocenters. The summed E-state index contributed by atoms with van der Waals surface area (Å²) in [5.41, 5.74) is 3.55. The first-order valence-corrected chi connectivity index (χ1v) is 4.92. The van der Waals surface area contributed by atoms with Gasteiger partial charge in [0.2, 0.25) is 11.8 Å². The minimum Gasteiger partial charge on any atom is -0.294 e. The van der Waals surface area contributed by atoms with Gasteiger partial charge in [0.1, 0.15) is 0 Å². The lowest BCUT2D eigenvalue weighted by Gasteiger charge is -2.28. The minimum absolute atomic E-state index is 0.262. The second-order valence-electron chi connectivity index (χ2n) is 4.00. The molecule has 0 saturated heterocycles. The lowest BCUT2D eigenvalue weighted by molar-refractivity contribution is -0.133. The van der Waals surface area contributed by atoms with Gasteiger partial charge in [0, 0.05) is 11.3 Å². The molecule has 2 amide bonds. The lowest BCUT2D eigenvalue weighted by Crippen LogP contribution is -2.45. The van der Waals surface area contributed by atoms with Crippen molar-refractivity contribution in [1.82, 2.24) is 10.9 Å². The van der Waals surface area contributed by atoms with E-state index in [2.05, 4.69) is 10.9 Å². The van der Waals surface area contributed by atoms with Crippen LogP contribution < -0.4 is 22.5 Å². The maximum atomic E-state index is 11.5. The predicted octanol–water partition coefficient (Wildman–Crippen LogP) is -0.591. The van der Waals surface area contributed by atoms with Gasteiger partial charge in [-0.3, -0.25) is 20.4 Å². The van der Waals surface area contributed by atoms with Crippen molar-refractivity contribution in [2.75, 3.05) is 0 Å². The average molecular weight is 216 g/mol. The largest absolute Gasteiger partial charge is 0.294 e. The Bertz CT molecular complexity index is 244. The van der Waals surface area contributed by atoms with E-state index >= 15 is 0 Å². The highest BCUT2D eigenvalue weighted by atomic mass is 16.2. The standard InChI is InChI=1S/C9H20N4O2/c1-4-9(3,8(15)13-11)5-6(2)7(14)12-10/h6H,4-5,10-11H2,1-3H3,(H,12,14)(H,13,15). The Morgan fingerprint density at radius 1 is 1.33 bits per heavy atom. The second-order valence-corrected chi connectivity index (χ2v) is 4.00. The number of nitrogens with one attached hydrogen (secondary N) is 2. The molecule has 0 spiro atoms. The fourth-order valence-corrected chi connectivity index (χ4v) is 1.48. The molecule has 0 bridgehead atoms. The third-order valence-corrected chi connectivity index (χ3v) is 2.81. The zero-order valence-electron chi connectivity index (χ0n) is 9.46. The monoisotopic (exact) mass is 216 g/mol. The first-order valence-electron chi connectivity index (χ1n) is 4.92. The predicted molar refractivity (Wildman–Crippen MR) is 56.8 cm³/mol. The van der Waals surface area contributed by atoms with Crippen LogP contribution in [-0.2, 0) is 9.59 Å². The van der Waals surface area contributed by atoms with Gasteiger partial charge in [-0.25, -0.2) is 11.7 Å². The van der Waals surface area contributed by atoms with E-state index in [1.807, 2.05) is 6.92 Å². The van der Waals surface area contributed by atoms with E-state index in [4.69, 9.17) is 11.7 Å². The molecule has 0 aliphatic heterocycles. The van der Waals surface area contributed by atoms with Crippen LogP contribution >= 0.6 is 0 Å². The van der Waals surface area contributed by atoms with E-state index in [0.29, 0.717) is 12.8 Å². The van der Waals surface area contributed by atoms with Crippen LogP contribution in [0.15, 0.2) is 0 Å². The number of nitrogens with two attached hydrogens (primary N) is 2. The van der Waals surface area contributed by atoms with Crippen molar-refractivity contribution in [3.05, 3.63) is 0 Å². The molecule has 15 heavy (non-hydrogen) atoms. The molecular weight excluding hydrogens is 196 g/mol. The Labute approximate surface area is 89.7 Å². The third kappa shape index (κ3) is 3.49. The van der Waals surface area contributed by atoms with Gasteiger partial charge in [0.05, 0.1) is 0 Å². The highest BCUT2D eigenvalue weighted by molar-refractivity contribution is 5.83. The van der Waals surface area contributed by atoms with E-state index in [0.717, 1.165) is 0 Å². The first kappa shape index (κ1) is 13.9. The highest BCUT2D eigenvalue weighted by Crippen LogP contribution is 2.29. The van der Waals surface area contributed by atoms with Crippen LogP contribution in [0.3, 0.4) is 0 Å². The average Bonchev–Trinajstić information content (AvgIpc) is 2.26. The van der Waals surface area contributed by atoms with Crippen molar-refractivity contribution in [3.8, 4) is 0 Å². The van der Waals surface area contributed by atoms with E-state index < -0.39 is 5.41 Å². The summed E-state index contributed by atoms with van der Waals surface area (Å²) in [7, 11) is 0. The van der Waals surface area contributed by atoms with Gasteiger partial charge in [-0.05, 0) is 12.8 Å². The molecule has 0 aromatic rings. The van der Waals surface area contributed by atoms with E-state index in [1.165, 1.54) is 0 Å². The number of hydrogen-bond acceptors (Lipinski definition) is 4. The van der Waals surface area contributed by atoms with Crippen LogP contribution in [0, 0.1) is 11.3 Å². The van der Waals surface area contributed by atoms with Crippen molar-refractivity contribution in [2.24, 2.45) is 23.0 Å². The Hall–Kier alpha value is -1.14. The summed E-state index contributed by atoms with van der Waals surface area (Å²) in [6.07, 6.45) is 1.02. The summed E-state index contributed by atoms with van der Waals surface area (Å²) >= 11 is 0. The number of carbonyl (C=O) groups excluding carboxylic acids is 2. The SMILES string of the molecule is CCC(C)(CC(C)C(=O)NN)C(=O)NN. The Morgan fingerprint density at radius 2 is 1.87 bits per heavy atom. The van der Waals surface area contributed by atoms with Gasteiger partial charge in [0.25, 0.3) is 0 Å². The smallest absolute Gasteiger partial charge is 0.239 e. The molecule has 0 aromatic heterocycles. The molecule has 6 heteroatoms. The highest BCUT2D eigenvalue weighted by Gasteiger charge is 2.34. The van der Waals surface area contributed by atoms with Gasteiger partial charge in [-0.1, -0.05) is 20.8 Å². The van der Waals surface area contributed by atoms with Gasteiger partial charge in [0.15, 0.2) is 0 Å². The second kappa shape index (κ2) is 5.67. The van der Waals surface area contributed by atoms with Crippen molar-refractivity contribution >= 4 is 11.8 Å². The van der Waals surface area contributed by atoms with Crippen molar-refractivity contribution in [2.45, 2.75) is 33.6 Å². The topological polar surface area (TPSA) is 110 Å². The Morgan fingerprint density at radius 3 is 2.20 bits per heavy atom. The number of rotatable bonds is 5.